The highest BCUT2D eigenvalue weighted by molar-refractivity contribution is 5.97. The third-order valence-corrected chi connectivity index (χ3v) is 3.95. The van der Waals surface area contributed by atoms with Gasteiger partial charge in [0.15, 0.2) is 5.78 Å². The molecular weight excluding hydrogens is 294 g/mol. The minimum atomic E-state index is 0.0147. The van der Waals surface area contributed by atoms with Crippen molar-refractivity contribution in [3.05, 3.63) is 53.9 Å². The number of ketones is 1. The first-order chi connectivity index (χ1) is 11.3. The van der Waals surface area contributed by atoms with Gasteiger partial charge >= 0.3 is 0 Å². The maximum Gasteiger partial charge on any atom is 0.179 e. The van der Waals surface area contributed by atoms with Gasteiger partial charge in [-0.15, -0.1) is 0 Å². The van der Waals surface area contributed by atoms with Gasteiger partial charge in [-0.2, -0.15) is 5.10 Å². The van der Waals surface area contributed by atoms with Crippen molar-refractivity contribution in [1.82, 2.24) is 14.7 Å². The van der Waals surface area contributed by atoms with Gasteiger partial charge in [-0.25, -0.2) is 0 Å². The summed E-state index contributed by atoms with van der Waals surface area (Å²) in [6.07, 6.45) is 3.40. The lowest BCUT2D eigenvalue weighted by atomic mass is 10.2. The van der Waals surface area contributed by atoms with Gasteiger partial charge in [0.25, 0.3) is 0 Å². The van der Waals surface area contributed by atoms with E-state index in [0.29, 0.717) is 31.9 Å². The van der Waals surface area contributed by atoms with E-state index in [1.807, 2.05) is 35.2 Å². The van der Waals surface area contributed by atoms with E-state index in [1.54, 1.807) is 17.1 Å². The second-order valence-electron chi connectivity index (χ2n) is 5.74. The minimum Gasteiger partial charge on any atom is -0.395 e. The third kappa shape index (κ3) is 4.04. The summed E-state index contributed by atoms with van der Waals surface area (Å²) in [5.41, 5.74) is 1.73. The van der Waals surface area contributed by atoms with Crippen molar-refractivity contribution >= 4 is 5.78 Å². The van der Waals surface area contributed by atoms with E-state index in [1.165, 1.54) is 0 Å². The molecular formula is C17H21N3O3. The van der Waals surface area contributed by atoms with Crippen molar-refractivity contribution in [2.75, 3.05) is 32.9 Å². The smallest absolute Gasteiger partial charge is 0.179 e. The zero-order valence-corrected chi connectivity index (χ0v) is 13.0. The van der Waals surface area contributed by atoms with Gasteiger partial charge in [0, 0.05) is 19.3 Å². The van der Waals surface area contributed by atoms with Gasteiger partial charge < -0.3 is 9.84 Å². The van der Waals surface area contributed by atoms with Crippen LogP contribution in [0.1, 0.15) is 22.0 Å². The molecule has 1 aliphatic heterocycles. The molecule has 0 saturated carbocycles. The Kier molecular flexibility index (Phi) is 5.17. The summed E-state index contributed by atoms with van der Waals surface area (Å²) in [4.78, 5) is 14.4. The van der Waals surface area contributed by atoms with E-state index in [-0.39, 0.29) is 25.0 Å². The Labute approximate surface area is 135 Å². The molecule has 1 N–H and O–H groups in total. The molecule has 0 bridgehead atoms. The normalized spacial score (nSPS) is 14.9. The fourth-order valence-electron chi connectivity index (χ4n) is 2.55. The summed E-state index contributed by atoms with van der Waals surface area (Å²) in [6, 6.07) is 10.2. The van der Waals surface area contributed by atoms with Crippen LogP contribution in [0.25, 0.3) is 0 Å². The van der Waals surface area contributed by atoms with Crippen LogP contribution in [-0.4, -0.2) is 58.5 Å². The molecule has 122 valence electrons. The molecule has 1 saturated heterocycles. The molecule has 1 aromatic carbocycles. The van der Waals surface area contributed by atoms with Crippen molar-refractivity contribution in [3.8, 4) is 0 Å². The van der Waals surface area contributed by atoms with Crippen LogP contribution >= 0.6 is 0 Å². The van der Waals surface area contributed by atoms with E-state index in [0.717, 1.165) is 5.56 Å². The molecule has 2 aromatic rings. The van der Waals surface area contributed by atoms with E-state index >= 15 is 0 Å². The maximum atomic E-state index is 12.5. The van der Waals surface area contributed by atoms with Crippen LogP contribution in [0, 0.1) is 0 Å². The highest BCUT2D eigenvalue weighted by atomic mass is 16.5. The summed E-state index contributed by atoms with van der Waals surface area (Å²) in [5.74, 6) is 0.0147. The Morgan fingerprint density at radius 2 is 2.13 bits per heavy atom. The Hall–Kier alpha value is -2.02. The largest absolute Gasteiger partial charge is 0.395 e. The Balaban J connectivity index is 1.62. The molecule has 0 unspecified atom stereocenters. The lowest BCUT2D eigenvalue weighted by molar-refractivity contribution is -0.0286. The molecule has 0 radical (unpaired) electrons. The predicted octanol–water partition coefficient (Wildman–Crippen LogP) is 1.13. The maximum absolute atomic E-state index is 12.5. The molecule has 0 amide bonds. The van der Waals surface area contributed by atoms with E-state index in [2.05, 4.69) is 5.10 Å². The molecule has 1 fully saturated rings. The number of carbonyl (C=O) groups excluding carboxylic acids is 1. The van der Waals surface area contributed by atoms with Crippen molar-refractivity contribution in [2.24, 2.45) is 0 Å². The second-order valence-corrected chi connectivity index (χ2v) is 5.74. The highest BCUT2D eigenvalue weighted by Gasteiger charge is 2.22. The van der Waals surface area contributed by atoms with Gasteiger partial charge in [-0.1, -0.05) is 30.3 Å². The third-order valence-electron chi connectivity index (χ3n) is 3.95. The van der Waals surface area contributed by atoms with Gasteiger partial charge in [-0.3, -0.25) is 14.4 Å². The number of hydrogen-bond acceptors (Lipinski definition) is 5. The first-order valence-electron chi connectivity index (χ1n) is 7.78. The number of nitrogens with zero attached hydrogens (tertiary/aromatic N) is 3. The molecule has 6 heteroatoms. The summed E-state index contributed by atoms with van der Waals surface area (Å²) in [6.45, 7) is 2.70. The lowest BCUT2D eigenvalue weighted by Gasteiger charge is -2.25. The van der Waals surface area contributed by atoms with E-state index in [4.69, 9.17) is 4.74 Å². The monoisotopic (exact) mass is 315 g/mol. The molecule has 0 aliphatic carbocycles. The van der Waals surface area contributed by atoms with Crippen molar-refractivity contribution < 1.29 is 14.6 Å². The molecule has 0 atom stereocenters. The second kappa shape index (κ2) is 7.50. The number of carbonyl (C=O) groups is 1. The van der Waals surface area contributed by atoms with E-state index in [9.17, 15) is 9.90 Å². The number of benzene rings is 1. The summed E-state index contributed by atoms with van der Waals surface area (Å²) >= 11 is 0. The number of ether oxygens (including phenoxy) is 1. The molecule has 6 nitrogen and oxygen atoms in total. The first-order valence-corrected chi connectivity index (χ1v) is 7.78. The summed E-state index contributed by atoms with van der Waals surface area (Å²) in [7, 11) is 0. The number of aliphatic hydroxyl groups excluding tert-OH is 1. The molecule has 2 heterocycles. The van der Waals surface area contributed by atoms with Crippen LogP contribution in [0.15, 0.2) is 42.7 Å². The van der Waals surface area contributed by atoms with Crippen LogP contribution < -0.4 is 0 Å². The van der Waals surface area contributed by atoms with Crippen LogP contribution in [-0.2, 0) is 11.3 Å². The quantitative estimate of drug-likeness (QED) is 0.740. The fraction of sp³-hybridized carbons (Fsp3) is 0.412. The van der Waals surface area contributed by atoms with Gasteiger partial charge in [-0.05, 0) is 5.56 Å². The number of aromatic nitrogens is 2. The molecule has 3 rings (SSSR count). The molecule has 1 aliphatic rings. The van der Waals surface area contributed by atoms with Crippen molar-refractivity contribution in [2.45, 2.75) is 12.6 Å². The van der Waals surface area contributed by atoms with Gasteiger partial charge in [0.2, 0.25) is 0 Å². The average molecular weight is 315 g/mol. The van der Waals surface area contributed by atoms with E-state index < -0.39 is 0 Å². The van der Waals surface area contributed by atoms with Crippen LogP contribution in [0.2, 0.25) is 0 Å². The van der Waals surface area contributed by atoms with Gasteiger partial charge in [0.05, 0.1) is 44.2 Å². The van der Waals surface area contributed by atoms with Crippen LogP contribution in [0.5, 0.6) is 0 Å². The van der Waals surface area contributed by atoms with Crippen molar-refractivity contribution in [1.29, 1.82) is 0 Å². The molecule has 1 aromatic heterocycles. The Morgan fingerprint density at radius 3 is 2.78 bits per heavy atom. The topological polar surface area (TPSA) is 67.6 Å². The average Bonchev–Trinajstić information content (AvgIpc) is 2.96. The molecule has 0 spiro atoms. The first kappa shape index (κ1) is 15.9. The predicted molar refractivity (Wildman–Crippen MR) is 85.2 cm³/mol. The van der Waals surface area contributed by atoms with Gasteiger partial charge in [0.1, 0.15) is 0 Å². The van der Waals surface area contributed by atoms with Crippen molar-refractivity contribution in [3.63, 3.8) is 0 Å². The number of hydrogen-bond donors (Lipinski definition) is 1. The standard InChI is InChI=1S/C17H21N3O3/c21-7-6-19(9-14-4-2-1-3-5-14)11-17(22)15-8-18-20(10-15)16-12-23-13-16/h1-5,8,10,16,21H,6-7,9,11-13H2. The zero-order chi connectivity index (χ0) is 16.1. The summed E-state index contributed by atoms with van der Waals surface area (Å²) in [5, 5.41) is 13.5. The number of aliphatic hydroxyl groups is 1. The minimum absolute atomic E-state index is 0.0147. The zero-order valence-electron chi connectivity index (χ0n) is 13.0. The highest BCUT2D eigenvalue weighted by Crippen LogP contribution is 2.16. The Bertz CT molecular complexity index is 638. The van der Waals surface area contributed by atoms with Crippen LogP contribution in [0.3, 0.4) is 0 Å². The Morgan fingerprint density at radius 1 is 1.35 bits per heavy atom. The fourth-order valence-corrected chi connectivity index (χ4v) is 2.55. The lowest BCUT2D eigenvalue weighted by Crippen LogP contribution is -2.32. The number of Topliss-reactive ketones (excluding diaryl/α,β-unsaturated/α-hetero) is 1. The SMILES string of the molecule is O=C(CN(CCO)Cc1ccccc1)c1cnn(C2COC2)c1. The molecule has 23 heavy (non-hydrogen) atoms. The van der Waals surface area contributed by atoms with Crippen LogP contribution in [0.4, 0.5) is 0 Å². The number of rotatable bonds is 8. The summed E-state index contributed by atoms with van der Waals surface area (Å²) < 4.78 is 6.94.